The van der Waals surface area contributed by atoms with Crippen molar-refractivity contribution in [1.29, 1.82) is 0 Å². The van der Waals surface area contributed by atoms with Crippen LogP contribution in [-0.4, -0.2) is 45.8 Å². The van der Waals surface area contributed by atoms with Crippen molar-refractivity contribution in [2.24, 2.45) is 0 Å². The van der Waals surface area contributed by atoms with E-state index in [0.717, 1.165) is 4.90 Å². The fourth-order valence-corrected chi connectivity index (χ4v) is 1.96. The molecule has 1 atom stereocenters. The van der Waals surface area contributed by atoms with Crippen molar-refractivity contribution < 1.29 is 19.1 Å². The van der Waals surface area contributed by atoms with Gasteiger partial charge in [0.1, 0.15) is 6.04 Å². The van der Waals surface area contributed by atoms with E-state index in [1.165, 1.54) is 13.4 Å². The number of likely N-dealkylation sites (tertiary alicyclic amines) is 1. The number of hydrogen-bond acceptors (Lipinski definition) is 5. The minimum absolute atomic E-state index is 0.146. The second-order valence-corrected chi connectivity index (χ2v) is 3.96. The molecule has 0 aliphatic carbocycles. The molecule has 2 rings (SSSR count). The summed E-state index contributed by atoms with van der Waals surface area (Å²) in [6.45, 7) is 0. The van der Waals surface area contributed by atoms with Crippen LogP contribution in [0.25, 0.3) is 0 Å². The molecule has 1 aromatic heterocycles. The second-order valence-electron chi connectivity index (χ2n) is 3.96. The predicted octanol–water partition coefficient (Wildman–Crippen LogP) is -0.357. The number of aromatic nitrogens is 2. The molecule has 0 radical (unpaired) electrons. The van der Waals surface area contributed by atoms with Gasteiger partial charge in [0.2, 0.25) is 11.8 Å². The summed E-state index contributed by atoms with van der Waals surface area (Å²) in [7, 11) is 1.23. The molecule has 1 aliphatic rings. The summed E-state index contributed by atoms with van der Waals surface area (Å²) >= 11 is 0. The Morgan fingerprint density at radius 2 is 2.17 bits per heavy atom. The standard InChI is InChI=1S/C11H13N3O4/c1-18-11(17)8(4-7-5-12-6-13-7)14-9(15)2-3-10(14)16/h5-6,8H,2-4H2,1H3,(H,12,13)/t8-/m0/s1. The Balaban J connectivity index is 2.22. The van der Waals surface area contributed by atoms with Crippen LogP contribution < -0.4 is 0 Å². The third-order valence-electron chi connectivity index (χ3n) is 2.83. The van der Waals surface area contributed by atoms with Crippen molar-refractivity contribution in [2.75, 3.05) is 7.11 Å². The van der Waals surface area contributed by atoms with Gasteiger partial charge in [0.25, 0.3) is 0 Å². The lowest BCUT2D eigenvalue weighted by Crippen LogP contribution is -2.46. The summed E-state index contributed by atoms with van der Waals surface area (Å²) in [5.41, 5.74) is 0.595. The number of nitrogens with zero attached hydrogens (tertiary/aromatic N) is 2. The van der Waals surface area contributed by atoms with E-state index in [1.807, 2.05) is 0 Å². The lowest BCUT2D eigenvalue weighted by atomic mass is 10.1. The van der Waals surface area contributed by atoms with Gasteiger partial charge in [-0.3, -0.25) is 14.5 Å². The molecule has 0 bridgehead atoms. The van der Waals surface area contributed by atoms with Crippen molar-refractivity contribution >= 4 is 17.8 Å². The molecule has 1 fully saturated rings. The quantitative estimate of drug-likeness (QED) is 0.583. The molecule has 2 heterocycles. The Morgan fingerprint density at radius 1 is 1.50 bits per heavy atom. The number of imidazole rings is 1. The maximum absolute atomic E-state index is 11.7. The van der Waals surface area contributed by atoms with Gasteiger partial charge in [-0.15, -0.1) is 0 Å². The molecule has 2 amide bonds. The molecule has 7 nitrogen and oxygen atoms in total. The number of H-pyrrole nitrogens is 1. The third kappa shape index (κ3) is 2.24. The molecule has 0 unspecified atom stereocenters. The van der Waals surface area contributed by atoms with Crippen molar-refractivity contribution in [3.8, 4) is 0 Å². The van der Waals surface area contributed by atoms with Crippen LogP contribution in [0.2, 0.25) is 0 Å². The number of imide groups is 1. The second kappa shape index (κ2) is 4.99. The zero-order valence-corrected chi connectivity index (χ0v) is 9.88. The molecule has 0 spiro atoms. The summed E-state index contributed by atoms with van der Waals surface area (Å²) < 4.78 is 4.65. The number of aromatic amines is 1. The van der Waals surface area contributed by atoms with Crippen molar-refractivity contribution in [2.45, 2.75) is 25.3 Å². The number of hydrogen-bond donors (Lipinski definition) is 1. The van der Waals surface area contributed by atoms with E-state index in [0.29, 0.717) is 5.69 Å². The van der Waals surface area contributed by atoms with Gasteiger partial charge in [-0.1, -0.05) is 0 Å². The zero-order chi connectivity index (χ0) is 13.1. The number of nitrogens with one attached hydrogen (secondary N) is 1. The van der Waals surface area contributed by atoms with Gasteiger partial charge in [-0.05, 0) is 0 Å². The summed E-state index contributed by atoms with van der Waals surface area (Å²) in [5.74, 6) is -1.29. The van der Waals surface area contributed by atoms with Crippen LogP contribution in [0.5, 0.6) is 0 Å². The summed E-state index contributed by atoms with van der Waals surface area (Å²) in [6, 6.07) is -0.930. The molecule has 18 heavy (non-hydrogen) atoms. The van der Waals surface area contributed by atoms with Crippen molar-refractivity contribution in [3.05, 3.63) is 18.2 Å². The van der Waals surface area contributed by atoms with E-state index >= 15 is 0 Å². The first-order valence-electron chi connectivity index (χ1n) is 5.54. The highest BCUT2D eigenvalue weighted by molar-refractivity contribution is 6.05. The van der Waals surface area contributed by atoms with Gasteiger partial charge >= 0.3 is 5.97 Å². The van der Waals surface area contributed by atoms with Gasteiger partial charge < -0.3 is 9.72 Å². The number of esters is 1. The Labute approximate surface area is 103 Å². The fraction of sp³-hybridized carbons (Fsp3) is 0.455. The maximum Gasteiger partial charge on any atom is 0.329 e. The van der Waals surface area contributed by atoms with Crippen LogP contribution in [0.1, 0.15) is 18.5 Å². The maximum atomic E-state index is 11.7. The van der Waals surface area contributed by atoms with Crippen LogP contribution in [0.15, 0.2) is 12.5 Å². The SMILES string of the molecule is COC(=O)[C@H](Cc1c[nH]cn1)N1C(=O)CCC1=O. The van der Waals surface area contributed by atoms with E-state index in [9.17, 15) is 14.4 Å². The average Bonchev–Trinajstić information content (AvgIpc) is 2.97. The topological polar surface area (TPSA) is 92.4 Å². The van der Waals surface area contributed by atoms with Gasteiger partial charge in [0.15, 0.2) is 0 Å². The number of carbonyl (C=O) groups excluding carboxylic acids is 3. The Hall–Kier alpha value is -2.18. The van der Waals surface area contributed by atoms with Gasteiger partial charge in [-0.2, -0.15) is 0 Å². The minimum atomic E-state index is -0.930. The Bertz CT molecular complexity index is 453. The lowest BCUT2D eigenvalue weighted by Gasteiger charge is -2.23. The van der Waals surface area contributed by atoms with E-state index in [-0.39, 0.29) is 31.1 Å². The van der Waals surface area contributed by atoms with Crippen molar-refractivity contribution in [1.82, 2.24) is 14.9 Å². The highest BCUT2D eigenvalue weighted by Crippen LogP contribution is 2.18. The van der Waals surface area contributed by atoms with Crippen LogP contribution in [0, 0.1) is 0 Å². The smallest absolute Gasteiger partial charge is 0.329 e. The molecule has 7 heteroatoms. The summed E-state index contributed by atoms with van der Waals surface area (Å²) in [4.78, 5) is 42.7. The minimum Gasteiger partial charge on any atom is -0.467 e. The first kappa shape index (κ1) is 12.3. The Morgan fingerprint density at radius 3 is 2.67 bits per heavy atom. The molecule has 96 valence electrons. The predicted molar refractivity (Wildman–Crippen MR) is 59.2 cm³/mol. The molecule has 1 saturated heterocycles. The first-order valence-corrected chi connectivity index (χ1v) is 5.54. The van der Waals surface area contributed by atoms with E-state index in [1.54, 1.807) is 6.20 Å². The van der Waals surface area contributed by atoms with E-state index in [4.69, 9.17) is 0 Å². The highest BCUT2D eigenvalue weighted by Gasteiger charge is 2.39. The van der Waals surface area contributed by atoms with Crippen LogP contribution in [0.3, 0.4) is 0 Å². The van der Waals surface area contributed by atoms with Gasteiger partial charge in [0, 0.05) is 25.5 Å². The normalized spacial score (nSPS) is 17.1. The van der Waals surface area contributed by atoms with Crippen LogP contribution in [0.4, 0.5) is 0 Å². The summed E-state index contributed by atoms with van der Waals surface area (Å²) in [5, 5.41) is 0. The molecular formula is C11H13N3O4. The number of ether oxygens (including phenoxy) is 1. The average molecular weight is 251 g/mol. The monoisotopic (exact) mass is 251 g/mol. The summed E-state index contributed by atoms with van der Waals surface area (Å²) in [6.07, 6.45) is 3.53. The van der Waals surface area contributed by atoms with E-state index in [2.05, 4.69) is 14.7 Å². The molecule has 1 aromatic rings. The van der Waals surface area contributed by atoms with Crippen LogP contribution in [-0.2, 0) is 25.5 Å². The largest absolute Gasteiger partial charge is 0.467 e. The highest BCUT2D eigenvalue weighted by atomic mass is 16.5. The molecule has 1 aliphatic heterocycles. The molecule has 0 saturated carbocycles. The van der Waals surface area contributed by atoms with Gasteiger partial charge in [0.05, 0.1) is 19.1 Å². The van der Waals surface area contributed by atoms with Crippen molar-refractivity contribution in [3.63, 3.8) is 0 Å². The molecular weight excluding hydrogens is 238 g/mol. The zero-order valence-electron chi connectivity index (χ0n) is 9.88. The third-order valence-corrected chi connectivity index (χ3v) is 2.83. The van der Waals surface area contributed by atoms with Crippen LogP contribution >= 0.6 is 0 Å². The number of methoxy groups -OCH3 is 1. The van der Waals surface area contributed by atoms with E-state index < -0.39 is 12.0 Å². The lowest BCUT2D eigenvalue weighted by molar-refractivity contribution is -0.156. The fourth-order valence-electron chi connectivity index (χ4n) is 1.96. The number of amides is 2. The first-order chi connectivity index (χ1) is 8.63. The van der Waals surface area contributed by atoms with Gasteiger partial charge in [-0.25, -0.2) is 9.78 Å². The molecule has 1 N–H and O–H groups in total. The number of carbonyl (C=O) groups is 3. The number of rotatable bonds is 4. The Kier molecular flexibility index (Phi) is 3.40. The molecule has 0 aromatic carbocycles.